The van der Waals surface area contributed by atoms with Crippen molar-refractivity contribution in [2.24, 2.45) is 0 Å². The van der Waals surface area contributed by atoms with Gasteiger partial charge in [0.05, 0.1) is 22.0 Å². The van der Waals surface area contributed by atoms with Gasteiger partial charge in [-0.05, 0) is 44.0 Å². The van der Waals surface area contributed by atoms with Gasteiger partial charge in [0.25, 0.3) is 15.9 Å². The van der Waals surface area contributed by atoms with Gasteiger partial charge in [-0.1, -0.05) is 84.6 Å². The van der Waals surface area contributed by atoms with Crippen LogP contribution in [0.2, 0.25) is 5.02 Å². The molecule has 4 aromatic rings. The Hall–Kier alpha value is -4.12. The number of aliphatic hydroxyl groups excluding tert-OH is 1. The van der Waals surface area contributed by atoms with E-state index in [1.54, 1.807) is 30.3 Å². The van der Waals surface area contributed by atoms with Crippen LogP contribution < -0.4 is 9.62 Å². The number of aromatic nitrogens is 2. The molecule has 228 valence electrons. The number of hydrogen-bond acceptors (Lipinski definition) is 7. The summed E-state index contributed by atoms with van der Waals surface area (Å²) in [5.74, 6) is -0.557. The minimum absolute atomic E-state index is 0.0379. The van der Waals surface area contributed by atoms with E-state index in [0.29, 0.717) is 60.2 Å². The van der Waals surface area contributed by atoms with Crippen LogP contribution in [0.5, 0.6) is 0 Å². The molecule has 1 aliphatic rings. The molecule has 1 atom stereocenters. The Morgan fingerprint density at radius 1 is 0.909 bits per heavy atom. The van der Waals surface area contributed by atoms with Crippen molar-refractivity contribution >= 4 is 39.3 Å². The van der Waals surface area contributed by atoms with Crippen molar-refractivity contribution in [3.05, 3.63) is 95.1 Å². The molecule has 5 rings (SSSR count). The summed E-state index contributed by atoms with van der Waals surface area (Å²) in [4.78, 5) is 36.8. The zero-order valence-corrected chi connectivity index (χ0v) is 25.8. The van der Waals surface area contributed by atoms with E-state index in [0.717, 1.165) is 16.7 Å². The lowest BCUT2D eigenvalue weighted by Gasteiger charge is -2.31. The molecule has 0 spiro atoms. The summed E-state index contributed by atoms with van der Waals surface area (Å²) < 4.78 is 26.8. The molecule has 0 aliphatic carbocycles. The number of aryl methyl sites for hydroxylation is 1. The van der Waals surface area contributed by atoms with Crippen molar-refractivity contribution < 1.29 is 23.1 Å². The topological polar surface area (TPSA) is 130 Å². The average Bonchev–Trinajstić information content (AvgIpc) is 3.01. The van der Waals surface area contributed by atoms with Crippen molar-refractivity contribution in [3.8, 4) is 22.5 Å². The Labute approximate surface area is 262 Å². The summed E-state index contributed by atoms with van der Waals surface area (Å²) in [6.45, 7) is 2.32. The first-order valence-electron chi connectivity index (χ1n) is 14.5. The van der Waals surface area contributed by atoms with Gasteiger partial charge in [-0.15, -0.1) is 0 Å². The number of aliphatic hydroxyl groups is 1. The molecule has 1 aromatic heterocycles. The average molecular weight is 633 g/mol. The van der Waals surface area contributed by atoms with Crippen molar-refractivity contribution in [2.45, 2.75) is 56.4 Å². The number of unbranched alkanes of at least 4 members (excludes halogenated alkanes) is 3. The van der Waals surface area contributed by atoms with E-state index < -0.39 is 27.9 Å². The quantitative estimate of drug-likeness (QED) is 0.210. The summed E-state index contributed by atoms with van der Waals surface area (Å²) in [6, 6.07) is 23.0. The lowest BCUT2D eigenvalue weighted by Crippen LogP contribution is -2.46. The minimum Gasteiger partial charge on any atom is -0.383 e. The first-order valence-corrected chi connectivity index (χ1v) is 16.3. The van der Waals surface area contributed by atoms with Crippen LogP contribution in [0.1, 0.15) is 43.4 Å². The standard InChI is InChI=1S/C33H33ClN4O5S/c1-22-12-14-23(15-13-22)31-30(24-16-18-25(34)19-17-24)35-27-21-28(39)33(41)38(32(27)36-31)20-8-3-2-7-11-29(40)37-44(42,43)26-9-5-4-6-10-26/h4-6,9-10,12-19,28,39H,2-3,7-8,11,20-21H2,1H3,(H,37,40). The smallest absolute Gasteiger partial charge is 0.264 e. The summed E-state index contributed by atoms with van der Waals surface area (Å²) in [6.07, 6.45) is 1.34. The molecule has 11 heteroatoms. The van der Waals surface area contributed by atoms with Crippen LogP contribution in [-0.4, -0.2) is 48.0 Å². The number of rotatable bonds is 11. The molecule has 0 saturated heterocycles. The van der Waals surface area contributed by atoms with Gasteiger partial charge in [-0.2, -0.15) is 0 Å². The highest BCUT2D eigenvalue weighted by molar-refractivity contribution is 7.90. The molecule has 1 unspecified atom stereocenters. The molecule has 0 bridgehead atoms. The molecule has 44 heavy (non-hydrogen) atoms. The highest BCUT2D eigenvalue weighted by Gasteiger charge is 2.34. The van der Waals surface area contributed by atoms with Crippen LogP contribution >= 0.6 is 11.6 Å². The molecule has 2 amide bonds. The highest BCUT2D eigenvalue weighted by atomic mass is 35.5. The zero-order valence-electron chi connectivity index (χ0n) is 24.2. The van der Waals surface area contributed by atoms with Gasteiger partial charge >= 0.3 is 0 Å². The Balaban J connectivity index is 1.27. The van der Waals surface area contributed by atoms with Crippen molar-refractivity contribution in [1.82, 2.24) is 14.7 Å². The monoisotopic (exact) mass is 632 g/mol. The van der Waals surface area contributed by atoms with E-state index in [1.165, 1.54) is 17.0 Å². The van der Waals surface area contributed by atoms with Gasteiger partial charge in [0, 0.05) is 35.5 Å². The lowest BCUT2D eigenvalue weighted by molar-refractivity contribution is -0.127. The first kappa shape index (κ1) is 31.3. The maximum absolute atomic E-state index is 13.1. The molecule has 0 fully saturated rings. The summed E-state index contributed by atoms with van der Waals surface area (Å²) in [7, 11) is -3.90. The summed E-state index contributed by atoms with van der Waals surface area (Å²) >= 11 is 6.13. The molecule has 0 radical (unpaired) electrons. The third-order valence-electron chi connectivity index (χ3n) is 7.42. The second-order valence-corrected chi connectivity index (χ2v) is 12.9. The van der Waals surface area contributed by atoms with Crippen molar-refractivity contribution in [2.75, 3.05) is 11.4 Å². The Bertz CT molecular complexity index is 1750. The van der Waals surface area contributed by atoms with E-state index in [1.807, 2.05) is 43.3 Å². The summed E-state index contributed by atoms with van der Waals surface area (Å²) in [5, 5.41) is 11.2. The van der Waals surface area contributed by atoms with Crippen LogP contribution in [0.15, 0.2) is 83.8 Å². The van der Waals surface area contributed by atoms with Crippen molar-refractivity contribution in [3.63, 3.8) is 0 Å². The van der Waals surface area contributed by atoms with E-state index in [9.17, 15) is 23.1 Å². The number of carbonyl (C=O) groups is 2. The van der Waals surface area contributed by atoms with Gasteiger partial charge in [-0.3, -0.25) is 14.5 Å². The van der Waals surface area contributed by atoms with E-state index in [2.05, 4.69) is 4.72 Å². The van der Waals surface area contributed by atoms with Crippen LogP contribution in [0.4, 0.5) is 5.82 Å². The largest absolute Gasteiger partial charge is 0.383 e. The maximum atomic E-state index is 13.1. The van der Waals surface area contributed by atoms with Crippen LogP contribution in [0.25, 0.3) is 22.5 Å². The van der Waals surface area contributed by atoms with E-state index >= 15 is 0 Å². The van der Waals surface area contributed by atoms with Gasteiger partial charge in [-0.25, -0.2) is 23.1 Å². The van der Waals surface area contributed by atoms with Gasteiger partial charge in [0.2, 0.25) is 5.91 Å². The van der Waals surface area contributed by atoms with Gasteiger partial charge < -0.3 is 5.11 Å². The predicted octanol–water partition coefficient (Wildman–Crippen LogP) is 5.48. The highest BCUT2D eigenvalue weighted by Crippen LogP contribution is 2.35. The van der Waals surface area contributed by atoms with Gasteiger partial charge in [0.15, 0.2) is 5.82 Å². The fourth-order valence-corrected chi connectivity index (χ4v) is 6.24. The van der Waals surface area contributed by atoms with Crippen LogP contribution in [0.3, 0.4) is 0 Å². The SMILES string of the molecule is Cc1ccc(-c2nc3c(nc2-c2ccc(Cl)cc2)CC(O)C(=O)N3CCCCCCC(=O)NS(=O)(=O)c2ccccc2)cc1. The number of carbonyl (C=O) groups excluding carboxylic acids is 2. The van der Waals surface area contributed by atoms with Crippen LogP contribution in [-0.2, 0) is 26.0 Å². The fraction of sp³-hybridized carbons (Fsp3) is 0.273. The maximum Gasteiger partial charge on any atom is 0.264 e. The molecule has 0 saturated carbocycles. The summed E-state index contributed by atoms with van der Waals surface area (Å²) in [5.41, 5.74) is 4.56. The molecular formula is C33H33ClN4O5S. The molecule has 1 aliphatic heterocycles. The second-order valence-electron chi connectivity index (χ2n) is 10.8. The van der Waals surface area contributed by atoms with E-state index in [4.69, 9.17) is 21.6 Å². The van der Waals surface area contributed by atoms with Crippen LogP contribution in [0, 0.1) is 6.92 Å². The number of fused-ring (bicyclic) bond motifs is 1. The van der Waals surface area contributed by atoms with Gasteiger partial charge in [0.1, 0.15) is 6.10 Å². The fourth-order valence-electron chi connectivity index (χ4n) is 5.08. The number of sulfonamides is 1. The number of halogens is 1. The number of anilines is 1. The minimum atomic E-state index is -3.90. The number of amides is 2. The first-order chi connectivity index (χ1) is 21.1. The third kappa shape index (κ3) is 7.32. The number of nitrogens with one attached hydrogen (secondary N) is 1. The predicted molar refractivity (Wildman–Crippen MR) is 170 cm³/mol. The number of hydrogen-bond donors (Lipinski definition) is 2. The molecular weight excluding hydrogens is 600 g/mol. The number of benzene rings is 3. The Morgan fingerprint density at radius 2 is 1.52 bits per heavy atom. The van der Waals surface area contributed by atoms with Crippen molar-refractivity contribution in [1.29, 1.82) is 0 Å². The Morgan fingerprint density at radius 3 is 2.20 bits per heavy atom. The lowest BCUT2D eigenvalue weighted by atomic mass is 10.0. The number of nitrogens with zero attached hydrogens (tertiary/aromatic N) is 3. The zero-order chi connectivity index (χ0) is 31.3. The molecule has 2 N–H and O–H groups in total. The molecule has 9 nitrogen and oxygen atoms in total. The second kappa shape index (κ2) is 13.7. The van der Waals surface area contributed by atoms with E-state index in [-0.39, 0.29) is 17.7 Å². The molecule has 2 heterocycles. The third-order valence-corrected chi connectivity index (χ3v) is 9.06. The Kier molecular flexibility index (Phi) is 9.73. The normalized spacial score (nSPS) is 14.8. The molecule has 3 aromatic carbocycles.